The van der Waals surface area contributed by atoms with Crippen LogP contribution < -0.4 is 5.73 Å². The molecule has 1 aromatic heterocycles. The molecule has 2 N–H and O–H groups in total. The fourth-order valence-corrected chi connectivity index (χ4v) is 0.970. The van der Waals surface area contributed by atoms with E-state index in [9.17, 15) is 0 Å². The summed E-state index contributed by atoms with van der Waals surface area (Å²) in [5, 5.41) is 0. The number of oxazole rings is 1. The molecule has 1 unspecified atom stereocenters. The molecule has 0 fully saturated rings. The Kier molecular flexibility index (Phi) is 3.45. The van der Waals surface area contributed by atoms with Crippen molar-refractivity contribution in [2.75, 3.05) is 20.6 Å². The summed E-state index contributed by atoms with van der Waals surface area (Å²) in [6.45, 7) is 2.83. The Morgan fingerprint density at radius 3 is 2.77 bits per heavy atom. The van der Waals surface area contributed by atoms with Gasteiger partial charge in [0.05, 0.1) is 12.2 Å². The van der Waals surface area contributed by atoms with E-state index >= 15 is 0 Å². The third-order valence-corrected chi connectivity index (χ3v) is 1.79. The first-order chi connectivity index (χ1) is 6.09. The van der Waals surface area contributed by atoms with Crippen LogP contribution in [0.3, 0.4) is 0 Å². The SMILES string of the molecule is CC(N)c1cnc(CCN(C)C)o1. The van der Waals surface area contributed by atoms with E-state index < -0.39 is 0 Å². The summed E-state index contributed by atoms with van der Waals surface area (Å²) in [4.78, 5) is 6.23. The Morgan fingerprint density at radius 1 is 1.62 bits per heavy atom. The molecule has 4 heteroatoms. The highest BCUT2D eigenvalue weighted by atomic mass is 16.4. The van der Waals surface area contributed by atoms with E-state index in [1.54, 1.807) is 6.20 Å². The van der Waals surface area contributed by atoms with Crippen molar-refractivity contribution in [3.63, 3.8) is 0 Å². The Morgan fingerprint density at radius 2 is 2.31 bits per heavy atom. The molecule has 1 atom stereocenters. The van der Waals surface area contributed by atoms with Gasteiger partial charge in [0.2, 0.25) is 0 Å². The van der Waals surface area contributed by atoms with Crippen LogP contribution in [0.25, 0.3) is 0 Å². The Labute approximate surface area is 78.7 Å². The Hall–Kier alpha value is -0.870. The van der Waals surface area contributed by atoms with Crippen molar-refractivity contribution in [1.82, 2.24) is 9.88 Å². The van der Waals surface area contributed by atoms with Crippen LogP contribution in [0.1, 0.15) is 24.6 Å². The van der Waals surface area contributed by atoms with Gasteiger partial charge in [-0.1, -0.05) is 0 Å². The molecule has 74 valence electrons. The summed E-state index contributed by atoms with van der Waals surface area (Å²) in [5.41, 5.74) is 5.64. The first-order valence-electron chi connectivity index (χ1n) is 4.44. The number of rotatable bonds is 4. The highest BCUT2D eigenvalue weighted by molar-refractivity contribution is 4.98. The van der Waals surface area contributed by atoms with Crippen molar-refractivity contribution in [3.05, 3.63) is 17.8 Å². The first kappa shape index (κ1) is 10.2. The predicted molar refractivity (Wildman–Crippen MR) is 51.4 cm³/mol. The summed E-state index contributed by atoms with van der Waals surface area (Å²) in [6, 6.07) is -0.0689. The van der Waals surface area contributed by atoms with Crippen LogP contribution in [0.15, 0.2) is 10.6 Å². The van der Waals surface area contributed by atoms with E-state index in [1.807, 2.05) is 21.0 Å². The van der Waals surface area contributed by atoms with Gasteiger partial charge in [-0.3, -0.25) is 0 Å². The molecule has 0 spiro atoms. The van der Waals surface area contributed by atoms with Crippen molar-refractivity contribution < 1.29 is 4.42 Å². The lowest BCUT2D eigenvalue weighted by molar-refractivity contribution is 0.372. The summed E-state index contributed by atoms with van der Waals surface area (Å²) >= 11 is 0. The van der Waals surface area contributed by atoms with Crippen LogP contribution in [0.4, 0.5) is 0 Å². The van der Waals surface area contributed by atoms with Crippen molar-refractivity contribution in [1.29, 1.82) is 0 Å². The highest BCUT2D eigenvalue weighted by Crippen LogP contribution is 2.11. The fourth-order valence-electron chi connectivity index (χ4n) is 0.970. The lowest BCUT2D eigenvalue weighted by atomic mass is 10.3. The second-order valence-electron chi connectivity index (χ2n) is 3.50. The van der Waals surface area contributed by atoms with Crippen LogP contribution in [0.2, 0.25) is 0 Å². The molecule has 0 aliphatic heterocycles. The number of nitrogens with zero attached hydrogens (tertiary/aromatic N) is 2. The maximum atomic E-state index is 5.64. The van der Waals surface area contributed by atoms with Crippen molar-refractivity contribution in [2.45, 2.75) is 19.4 Å². The number of likely N-dealkylation sites (N-methyl/N-ethyl adjacent to an activating group) is 1. The molecule has 1 rings (SSSR count). The molecular formula is C9H17N3O. The van der Waals surface area contributed by atoms with Crippen LogP contribution in [-0.2, 0) is 6.42 Å². The standard InChI is InChI=1S/C9H17N3O/c1-7(10)8-6-11-9(13-8)4-5-12(2)3/h6-7H,4-5,10H2,1-3H3. The van der Waals surface area contributed by atoms with Gasteiger partial charge >= 0.3 is 0 Å². The van der Waals surface area contributed by atoms with Crippen molar-refractivity contribution in [3.8, 4) is 0 Å². The minimum atomic E-state index is -0.0689. The normalized spacial score (nSPS) is 13.6. The van der Waals surface area contributed by atoms with Crippen LogP contribution in [0.5, 0.6) is 0 Å². The third kappa shape index (κ3) is 3.16. The number of hydrogen-bond donors (Lipinski definition) is 1. The molecule has 4 nitrogen and oxygen atoms in total. The summed E-state index contributed by atoms with van der Waals surface area (Å²) in [5.74, 6) is 1.52. The molecule has 0 saturated heterocycles. The number of hydrogen-bond acceptors (Lipinski definition) is 4. The van der Waals surface area contributed by atoms with Gasteiger partial charge in [0, 0.05) is 13.0 Å². The van der Waals surface area contributed by atoms with Crippen LogP contribution in [0, 0.1) is 0 Å². The minimum absolute atomic E-state index is 0.0689. The molecule has 0 amide bonds. The van der Waals surface area contributed by atoms with Gasteiger partial charge in [-0.05, 0) is 21.0 Å². The second kappa shape index (κ2) is 4.39. The largest absolute Gasteiger partial charge is 0.444 e. The average Bonchev–Trinajstić information content (AvgIpc) is 2.48. The first-order valence-corrected chi connectivity index (χ1v) is 4.44. The molecular weight excluding hydrogens is 166 g/mol. The predicted octanol–water partition coefficient (Wildman–Crippen LogP) is 0.798. The third-order valence-electron chi connectivity index (χ3n) is 1.79. The van der Waals surface area contributed by atoms with Gasteiger partial charge in [-0.25, -0.2) is 4.98 Å². The maximum Gasteiger partial charge on any atom is 0.195 e. The zero-order valence-corrected chi connectivity index (χ0v) is 8.45. The quantitative estimate of drug-likeness (QED) is 0.750. The smallest absolute Gasteiger partial charge is 0.195 e. The van der Waals surface area contributed by atoms with E-state index in [0.717, 1.165) is 24.6 Å². The van der Waals surface area contributed by atoms with Gasteiger partial charge in [0.1, 0.15) is 5.76 Å². The van der Waals surface area contributed by atoms with E-state index in [2.05, 4.69) is 9.88 Å². The van der Waals surface area contributed by atoms with Gasteiger partial charge in [0.25, 0.3) is 0 Å². The average molecular weight is 183 g/mol. The maximum absolute atomic E-state index is 5.64. The van der Waals surface area contributed by atoms with Crippen molar-refractivity contribution >= 4 is 0 Å². The fraction of sp³-hybridized carbons (Fsp3) is 0.667. The lowest BCUT2D eigenvalue weighted by Crippen LogP contribution is -2.15. The molecule has 0 aliphatic rings. The van der Waals surface area contributed by atoms with Gasteiger partial charge in [-0.2, -0.15) is 0 Å². The van der Waals surface area contributed by atoms with Crippen LogP contribution in [-0.4, -0.2) is 30.5 Å². The van der Waals surface area contributed by atoms with Gasteiger partial charge in [0.15, 0.2) is 5.89 Å². The summed E-state index contributed by atoms with van der Waals surface area (Å²) in [7, 11) is 4.05. The van der Waals surface area contributed by atoms with Gasteiger partial charge in [-0.15, -0.1) is 0 Å². The summed E-state index contributed by atoms with van der Waals surface area (Å²) < 4.78 is 5.43. The minimum Gasteiger partial charge on any atom is -0.444 e. The van der Waals surface area contributed by atoms with E-state index in [4.69, 9.17) is 10.2 Å². The molecule has 0 bridgehead atoms. The van der Waals surface area contributed by atoms with E-state index in [1.165, 1.54) is 0 Å². The monoisotopic (exact) mass is 183 g/mol. The zero-order valence-electron chi connectivity index (χ0n) is 8.45. The molecule has 13 heavy (non-hydrogen) atoms. The zero-order chi connectivity index (χ0) is 9.84. The molecule has 1 aromatic rings. The number of nitrogens with two attached hydrogens (primary N) is 1. The Bertz CT molecular complexity index is 255. The van der Waals surface area contributed by atoms with Crippen molar-refractivity contribution in [2.24, 2.45) is 5.73 Å². The van der Waals surface area contributed by atoms with E-state index in [-0.39, 0.29) is 6.04 Å². The molecule has 0 saturated carbocycles. The van der Waals surface area contributed by atoms with Crippen LogP contribution >= 0.6 is 0 Å². The second-order valence-corrected chi connectivity index (χ2v) is 3.50. The molecule has 1 heterocycles. The van der Waals surface area contributed by atoms with E-state index in [0.29, 0.717) is 0 Å². The van der Waals surface area contributed by atoms with Gasteiger partial charge < -0.3 is 15.1 Å². The summed E-state index contributed by atoms with van der Waals surface area (Å²) in [6.07, 6.45) is 2.54. The number of aromatic nitrogens is 1. The topological polar surface area (TPSA) is 55.3 Å². The lowest BCUT2D eigenvalue weighted by Gasteiger charge is -2.06. The molecule has 0 aromatic carbocycles. The highest BCUT2D eigenvalue weighted by Gasteiger charge is 2.07. The molecule has 0 radical (unpaired) electrons. The Balaban J connectivity index is 2.49. The molecule has 0 aliphatic carbocycles.